The van der Waals surface area contributed by atoms with Gasteiger partial charge in [0, 0.05) is 93.5 Å². The second-order valence-electron chi connectivity index (χ2n) is 17.7. The van der Waals surface area contributed by atoms with Gasteiger partial charge in [-0.2, -0.15) is 0 Å². The third-order valence-electron chi connectivity index (χ3n) is 12.8. The number of hydrogen-bond donors (Lipinski definition) is 8. The maximum atomic E-state index is 13.2. The maximum Gasteiger partial charge on any atom is 0.303 e. The summed E-state index contributed by atoms with van der Waals surface area (Å²) in [4.78, 5) is 79.6. The molecule has 0 unspecified atom stereocenters. The van der Waals surface area contributed by atoms with Gasteiger partial charge < -0.3 is 30.8 Å². The number of aliphatic carboxylic acids is 2. The first-order valence-electron chi connectivity index (χ1n) is 23.1. The lowest BCUT2D eigenvalue weighted by Crippen LogP contribution is -2.13. The van der Waals surface area contributed by atoms with Gasteiger partial charge in [0.1, 0.15) is 11.6 Å². The number of aromatic nitrogens is 2. The van der Waals surface area contributed by atoms with Gasteiger partial charge in [-0.3, -0.25) is 38.2 Å². The van der Waals surface area contributed by atoms with Crippen LogP contribution in [-0.4, -0.2) is 72.3 Å². The molecular weight excluding hydrogens is 1000 g/mol. The van der Waals surface area contributed by atoms with E-state index >= 15 is 0 Å². The number of halogens is 2. The van der Waals surface area contributed by atoms with Crippen LogP contribution in [0.25, 0.3) is 23.3 Å². The first-order chi connectivity index (χ1) is 35.2. The van der Waals surface area contributed by atoms with E-state index in [2.05, 4.69) is 30.0 Å². The molecule has 2 aromatic heterocycles. The van der Waals surface area contributed by atoms with Crippen molar-refractivity contribution in [1.29, 1.82) is 0 Å². The predicted molar refractivity (Wildman–Crippen MR) is 268 cm³/mol. The summed E-state index contributed by atoms with van der Waals surface area (Å²) in [5.41, 5.74) is 7.21. The maximum absolute atomic E-state index is 13.2. The lowest BCUT2D eigenvalue weighted by Gasteiger charge is -2.11. The fraction of sp³-hybridized carbons (Fsp3) is 0.192. The molecule has 0 bridgehead atoms. The number of fused-ring (bicyclic) bond motifs is 4. The van der Waals surface area contributed by atoms with Crippen molar-refractivity contribution in [3.05, 3.63) is 153 Å². The van der Waals surface area contributed by atoms with Crippen LogP contribution < -0.4 is 20.1 Å². The highest BCUT2D eigenvalue weighted by molar-refractivity contribution is 7.93. The Morgan fingerprint density at radius 3 is 1.30 bits per heavy atom. The number of ketones is 2. The van der Waals surface area contributed by atoms with E-state index in [1.54, 1.807) is 24.3 Å². The number of nitrogens with one attached hydrogen (secondary N) is 6. The largest absolute Gasteiger partial charge is 0.481 e. The molecule has 4 heterocycles. The number of carboxylic acids is 2. The van der Waals surface area contributed by atoms with Crippen molar-refractivity contribution in [3.8, 4) is 0 Å². The summed E-state index contributed by atoms with van der Waals surface area (Å²) in [5.74, 6) is -4.09. The fourth-order valence-electron chi connectivity index (χ4n) is 9.35. The molecular formula is C52H44F2N6O12S2. The molecule has 380 valence electrons. The number of aryl methyl sites for hydroxylation is 2. The Bertz CT molecular complexity index is 3420. The lowest BCUT2D eigenvalue weighted by atomic mass is 9.91. The molecule has 0 fully saturated rings. The molecule has 0 radical (unpaired) electrons. The van der Waals surface area contributed by atoms with Crippen molar-refractivity contribution in [2.75, 3.05) is 20.1 Å². The topological polar surface area (TPSA) is 291 Å². The second kappa shape index (κ2) is 20.2. The van der Waals surface area contributed by atoms with Gasteiger partial charge in [0.25, 0.3) is 31.9 Å². The lowest BCUT2D eigenvalue weighted by molar-refractivity contribution is -0.138. The van der Waals surface area contributed by atoms with Crippen molar-refractivity contribution in [2.24, 2.45) is 0 Å². The summed E-state index contributed by atoms with van der Waals surface area (Å²) in [6.07, 6.45) is 6.44. The van der Waals surface area contributed by atoms with E-state index in [0.29, 0.717) is 94.7 Å². The van der Waals surface area contributed by atoms with E-state index < -0.39 is 55.4 Å². The highest BCUT2D eigenvalue weighted by atomic mass is 32.2. The highest BCUT2D eigenvalue weighted by Gasteiger charge is 2.32. The Morgan fingerprint density at radius 2 is 0.932 bits per heavy atom. The van der Waals surface area contributed by atoms with Gasteiger partial charge in [0.2, 0.25) is 0 Å². The van der Waals surface area contributed by atoms with E-state index in [9.17, 15) is 64.6 Å². The quantitative estimate of drug-likeness (QED) is 0.0482. The molecule has 0 saturated carbocycles. The average molecular weight is 1050 g/mol. The number of aromatic amines is 2. The molecule has 4 aromatic carbocycles. The standard InChI is InChI=1S/2C26H22FN3O6S/c2*27-14-4-7-16(8-5-14)37(35,36)30-15-6-10-20-18(12-15)19(26(34)29-20)13-22-17(9-11-24(32)33)25-21(28-22)2-1-3-23(25)31/h2*4-8,10,12-13,28,30H,1-3,9,11H2,(H,29,34)(H,32,33). The van der Waals surface area contributed by atoms with Crippen molar-refractivity contribution in [2.45, 2.75) is 74.0 Å². The van der Waals surface area contributed by atoms with E-state index in [1.165, 1.54) is 24.3 Å². The van der Waals surface area contributed by atoms with Crippen LogP contribution in [0, 0.1) is 11.6 Å². The van der Waals surface area contributed by atoms with Crippen LogP contribution in [0.5, 0.6) is 0 Å². The smallest absolute Gasteiger partial charge is 0.303 e. The first kappa shape index (κ1) is 50.4. The van der Waals surface area contributed by atoms with Crippen LogP contribution in [0.2, 0.25) is 0 Å². The first-order valence-corrected chi connectivity index (χ1v) is 26.1. The minimum absolute atomic E-state index is 0.0590. The van der Waals surface area contributed by atoms with E-state index in [4.69, 9.17) is 0 Å². The zero-order valence-electron chi connectivity index (χ0n) is 38.9. The molecule has 2 aliphatic heterocycles. The van der Waals surface area contributed by atoms with Gasteiger partial charge in [-0.05, 0) is 147 Å². The molecule has 2 amide bonds. The Kier molecular flexibility index (Phi) is 13.8. The third-order valence-corrected chi connectivity index (χ3v) is 15.6. The summed E-state index contributed by atoms with van der Waals surface area (Å²) >= 11 is 0. The normalized spacial score (nSPS) is 15.9. The van der Waals surface area contributed by atoms with Gasteiger partial charge >= 0.3 is 11.9 Å². The van der Waals surface area contributed by atoms with Crippen molar-refractivity contribution < 1.29 is 64.6 Å². The summed E-state index contributed by atoms with van der Waals surface area (Å²) in [6, 6.07) is 17.9. The monoisotopic (exact) mass is 1050 g/mol. The van der Waals surface area contributed by atoms with E-state index in [-0.39, 0.29) is 69.6 Å². The highest BCUT2D eigenvalue weighted by Crippen LogP contribution is 2.40. The number of H-pyrrole nitrogens is 2. The van der Waals surface area contributed by atoms with Crippen LogP contribution in [0.3, 0.4) is 0 Å². The minimum Gasteiger partial charge on any atom is -0.481 e. The van der Waals surface area contributed by atoms with Gasteiger partial charge in [-0.25, -0.2) is 25.6 Å². The van der Waals surface area contributed by atoms with Crippen LogP contribution in [0.15, 0.2) is 94.7 Å². The van der Waals surface area contributed by atoms with Gasteiger partial charge in [-0.1, -0.05) is 0 Å². The molecule has 6 aromatic rings. The number of carboxylic acid groups (broad SMARTS) is 2. The molecule has 18 nitrogen and oxygen atoms in total. The number of Topliss-reactive ketones (excluding diaryl/α,β-unsaturated/α-hetero) is 2. The molecule has 8 N–H and O–H groups in total. The second-order valence-corrected chi connectivity index (χ2v) is 21.1. The van der Waals surface area contributed by atoms with Crippen LogP contribution in [0.4, 0.5) is 31.5 Å². The minimum atomic E-state index is -4.01. The third kappa shape index (κ3) is 10.5. The van der Waals surface area contributed by atoms with Crippen LogP contribution in [0.1, 0.15) is 104 Å². The number of hydrogen-bond acceptors (Lipinski definition) is 10. The summed E-state index contributed by atoms with van der Waals surface area (Å²) < 4.78 is 82.3. The summed E-state index contributed by atoms with van der Waals surface area (Å²) in [6.45, 7) is 0. The van der Waals surface area contributed by atoms with Crippen molar-refractivity contribution >= 4 is 101 Å². The Morgan fingerprint density at radius 1 is 0.554 bits per heavy atom. The van der Waals surface area contributed by atoms with Crippen molar-refractivity contribution in [3.63, 3.8) is 0 Å². The molecule has 10 rings (SSSR count). The predicted octanol–water partition coefficient (Wildman–Crippen LogP) is 7.97. The summed E-state index contributed by atoms with van der Waals surface area (Å²) in [7, 11) is -8.02. The zero-order chi connectivity index (χ0) is 52.6. The zero-order valence-corrected chi connectivity index (χ0v) is 40.5. The Labute approximate surface area is 421 Å². The SMILES string of the molecule is O=C(O)CCc1c(C=C2C(=O)Nc3ccc(NS(=O)(=O)c4ccc(F)cc4)cc32)[nH]c2c1C(=O)CCC2.O=C(O)CCc1c(C=C2C(=O)Nc3ccc(NS(=O)(=O)c4ccc(F)cc4)cc32)[nH]c2c1C(=O)CCC2. The van der Waals surface area contributed by atoms with Gasteiger partial charge in [0.15, 0.2) is 11.6 Å². The molecule has 0 spiro atoms. The van der Waals surface area contributed by atoms with E-state index in [0.717, 1.165) is 59.9 Å². The molecule has 22 heteroatoms. The number of carbonyl (C=O) groups is 6. The number of amides is 2. The number of benzene rings is 4. The molecule has 0 saturated heterocycles. The van der Waals surface area contributed by atoms with E-state index in [1.807, 2.05) is 0 Å². The number of sulfonamides is 2. The number of anilines is 4. The van der Waals surface area contributed by atoms with Crippen molar-refractivity contribution in [1.82, 2.24) is 9.97 Å². The fourth-order valence-corrected chi connectivity index (χ4v) is 11.4. The number of rotatable bonds is 14. The molecule has 2 aliphatic carbocycles. The van der Waals surface area contributed by atoms with Gasteiger partial charge in [0.05, 0.1) is 20.9 Å². The Hall–Kier alpha value is -8.50. The summed E-state index contributed by atoms with van der Waals surface area (Å²) in [5, 5.41) is 23.9. The van der Waals surface area contributed by atoms with Crippen LogP contribution >= 0.6 is 0 Å². The molecule has 74 heavy (non-hydrogen) atoms. The Balaban J connectivity index is 0.000000182. The van der Waals surface area contributed by atoms with Gasteiger partial charge in [-0.15, -0.1) is 0 Å². The van der Waals surface area contributed by atoms with Crippen LogP contribution in [-0.2, 0) is 64.9 Å². The molecule has 4 aliphatic rings. The average Bonchev–Trinajstić information content (AvgIpc) is 4.08. The number of carbonyl (C=O) groups excluding carboxylic acids is 4. The molecule has 0 atom stereocenters.